The molecular formula is C60H83I6N12O13P5S3. The highest BCUT2D eigenvalue weighted by Gasteiger charge is 2.42. The van der Waals surface area contributed by atoms with E-state index in [1.54, 1.807) is 94.6 Å². The number of carbonyl (C=O) groups excluding carboxylic acids is 3. The molecule has 0 radical (unpaired) electrons. The molecule has 6 aromatic heterocycles. The number of hydrogen-bond acceptors (Lipinski definition) is 25. The van der Waals surface area contributed by atoms with Crippen molar-refractivity contribution in [3.63, 3.8) is 0 Å². The highest BCUT2D eigenvalue weighted by molar-refractivity contribution is 14.3. The molecule has 8 unspecified atom stereocenters. The van der Waals surface area contributed by atoms with Gasteiger partial charge in [-0.15, -0.1) is 26.8 Å². The number of nitrogens with two attached hydrogens (primary N) is 3. The monoisotopic (exact) mass is 2190 g/mol. The fourth-order valence-corrected chi connectivity index (χ4v) is 12.3. The molecule has 9 heterocycles. The standard InChI is InChI=1S/C20H22N4O4S.C16H20O5.C13H18N4O3S.C6H6N4OS.C2H3I3.C2H4I2.CH3I.H7P5/c1-10-9-14(12(3)27-18(25)13-7-5-4-6-8-13)28-17(10)24-16-15(29-20(24)26)11(2)22-19(21)23-16;1-10-9-14(21-16(10)20-12(3)17)11(2)19-15(18)13-7-5-4-6-8-13;1-5-4-8(7(3)18)20-11(5)17-10-9(21-13(17)19)6(2)15-12(14)16-10;1-2-3-4(9-5(7)8-2)10-6(11)12-3;1-2(3,4)5;1-2(3)4;1-2;1-4-5(2)3/h4-8,10,12,14,17H,9H2,1-3H3,(H2,21,22,23);4-8,10-11,14,16H,9H2,1-3H3;5,7-8,11,18H,4H2,1-3H3,(H2,14,15,16);1H3,(H3,7,8,9,10,11);1H3;2H,1H3;1H3;4H,1-3H2/t10-,12?,14+,17-;10-,11?,14+,16?;5-,7?,8+,11-;;;;;/m111...../s1. The van der Waals surface area contributed by atoms with Crippen LogP contribution in [0.3, 0.4) is 0 Å². The average molecular weight is 2190 g/mol. The Kier molecular flexibility index (Phi) is 39.8. The summed E-state index contributed by atoms with van der Waals surface area (Å²) in [4.78, 5) is 99.9. The van der Waals surface area contributed by atoms with Crippen molar-refractivity contribution < 1.29 is 47.9 Å². The van der Waals surface area contributed by atoms with Crippen molar-refractivity contribution in [2.75, 3.05) is 22.1 Å². The number of nitrogens with zero attached hydrogens (tertiary/aromatic N) is 8. The van der Waals surface area contributed by atoms with Gasteiger partial charge in [-0.3, -0.25) is 33.3 Å². The lowest BCUT2D eigenvalue weighted by Crippen LogP contribution is -2.29. The van der Waals surface area contributed by atoms with Crippen molar-refractivity contribution in [1.29, 1.82) is 0 Å². The maximum Gasteiger partial charge on any atom is 0.338 e. The molecule has 3 aliphatic heterocycles. The van der Waals surface area contributed by atoms with E-state index >= 15 is 0 Å². The number of halogens is 6. The number of aromatic amines is 1. The summed E-state index contributed by atoms with van der Waals surface area (Å²) in [7, 11) is 9.24. The Labute approximate surface area is 678 Å². The van der Waals surface area contributed by atoms with Crippen LogP contribution in [0.25, 0.3) is 31.0 Å². The number of aliphatic hydroxyl groups is 1. The molecule has 0 bridgehead atoms. The number of esters is 3. The first kappa shape index (κ1) is 90.3. The van der Waals surface area contributed by atoms with E-state index in [1.807, 2.05) is 37.8 Å². The Morgan fingerprint density at radius 1 is 0.657 bits per heavy atom. The van der Waals surface area contributed by atoms with E-state index in [0.29, 0.717) is 62.9 Å². The number of carbonyl (C=O) groups is 3. The number of anilines is 3. The number of aryl methyl sites for hydroxylation is 3. The normalized spacial score (nSPS) is 20.9. The van der Waals surface area contributed by atoms with Crippen molar-refractivity contribution in [3.05, 3.63) is 118 Å². The van der Waals surface area contributed by atoms with Crippen molar-refractivity contribution in [2.24, 2.45) is 17.8 Å². The van der Waals surface area contributed by atoms with E-state index in [2.05, 4.69) is 211 Å². The van der Waals surface area contributed by atoms with Crippen LogP contribution in [0.4, 0.5) is 17.8 Å². The Bertz CT molecular complexity index is 4080. The maximum atomic E-state index is 12.7. The lowest BCUT2D eigenvalue weighted by atomic mass is 10.0. The fraction of sp³-hybridized carbons (Fsp3) is 0.500. The van der Waals surface area contributed by atoms with E-state index in [4.69, 9.17) is 45.6 Å². The Balaban J connectivity index is 0.000000267. The van der Waals surface area contributed by atoms with Gasteiger partial charge in [0.25, 0.3) is 0 Å². The van der Waals surface area contributed by atoms with Crippen molar-refractivity contribution in [2.45, 2.75) is 159 Å². The number of aliphatic hydroxyl groups excluding tert-OH is 1. The van der Waals surface area contributed by atoms with Crippen LogP contribution in [-0.2, 0) is 33.2 Å². The lowest BCUT2D eigenvalue weighted by Gasteiger charge is -2.21. The number of nitrogen functional groups attached to an aromatic ring is 3. The van der Waals surface area contributed by atoms with Gasteiger partial charge in [0.15, 0.2) is 16.9 Å². The zero-order valence-electron chi connectivity index (χ0n) is 56.2. The van der Waals surface area contributed by atoms with Crippen LogP contribution in [0.5, 0.6) is 0 Å². The molecule has 0 spiro atoms. The van der Waals surface area contributed by atoms with Crippen LogP contribution in [0.2, 0.25) is 0 Å². The fourth-order valence-electron chi connectivity index (χ4n) is 9.77. The summed E-state index contributed by atoms with van der Waals surface area (Å²) in [5.74, 6) is -0.478. The smallest absolute Gasteiger partial charge is 0.338 e. The highest BCUT2D eigenvalue weighted by Crippen LogP contribution is 2.71. The quantitative estimate of drug-likeness (QED) is 0.0264. The number of benzene rings is 2. The number of nitrogens with one attached hydrogen (secondary N) is 1. The molecule has 0 saturated carbocycles. The van der Waals surface area contributed by atoms with E-state index < -0.39 is 43.0 Å². The third kappa shape index (κ3) is 29.2. The van der Waals surface area contributed by atoms with Gasteiger partial charge in [-0.05, 0) is 111 Å². The number of aromatic nitrogens is 9. The minimum Gasteiger partial charge on any atom is -0.456 e. The molecule has 0 aliphatic carbocycles. The number of hydrogen-bond donors (Lipinski definition) is 5. The van der Waals surface area contributed by atoms with Gasteiger partial charge in [0.05, 0.1) is 68.7 Å². The van der Waals surface area contributed by atoms with Crippen molar-refractivity contribution in [1.82, 2.24) is 44.0 Å². The second-order valence-corrected chi connectivity index (χ2v) is 58.1. The van der Waals surface area contributed by atoms with E-state index in [0.717, 1.165) is 59.0 Å². The molecule has 0 amide bonds. The summed E-state index contributed by atoms with van der Waals surface area (Å²) < 4.78 is 40.3. The predicted molar refractivity (Wildman–Crippen MR) is 465 cm³/mol. The molecule has 3 saturated heterocycles. The molecule has 16 atom stereocenters. The molecule has 25 nitrogen and oxygen atoms in total. The molecule has 39 heteroatoms. The first-order valence-electron chi connectivity index (χ1n) is 30.1. The Morgan fingerprint density at radius 3 is 1.38 bits per heavy atom. The van der Waals surface area contributed by atoms with E-state index in [-0.39, 0.29) is 87.5 Å². The van der Waals surface area contributed by atoms with Crippen LogP contribution in [0.1, 0.15) is 132 Å². The number of rotatable bonds is 11. The Hall–Kier alpha value is -1.07. The van der Waals surface area contributed by atoms with Crippen LogP contribution >= 0.6 is 211 Å². The van der Waals surface area contributed by atoms with Crippen LogP contribution < -0.4 is 31.8 Å². The zero-order valence-corrected chi connectivity index (χ0v) is 77.0. The second kappa shape index (κ2) is 43.7. The number of fused-ring (bicyclic) bond motifs is 3. The topological polar surface area (TPSA) is 359 Å². The molecule has 11 rings (SSSR count). The number of ether oxygens (including phenoxy) is 6. The summed E-state index contributed by atoms with van der Waals surface area (Å²) in [6, 6.07) is 17.6. The molecule has 2 aromatic carbocycles. The average Bonchev–Trinajstić information content (AvgIpc) is 1.62. The third-order valence-corrected chi connectivity index (χ3v) is 29.1. The number of alkyl halides is 6. The Morgan fingerprint density at radius 2 is 1.01 bits per heavy atom. The van der Waals surface area contributed by atoms with Crippen molar-refractivity contribution in [3.8, 4) is 0 Å². The predicted octanol–water partition coefficient (Wildman–Crippen LogP) is 15.4. The molecule has 8 N–H and O–H groups in total. The molecule has 8 aromatic rings. The van der Waals surface area contributed by atoms with Gasteiger partial charge < -0.3 is 50.7 Å². The summed E-state index contributed by atoms with van der Waals surface area (Å²) in [5.41, 5.74) is 21.5. The SMILES string of the molecule is CC(=O)OC1O[C@H](C(C)OC(=O)c2ccccc2)C[C@H]1C.CC(I)(I)I.CC(I)I.CI.Cc1nc(N)nc2[nH]c(=O)sc12.Cc1nc(N)nc2c1sc(=O)n2[C@@H]1O[C@H](C(C)O)C[C@H]1C.Cc1nc(N)nc2c1sc(=O)n2[C@@H]1O[C@H](C(C)OC(=O)c2ccccc2)C[C@H]1C.PPP(P)P. The van der Waals surface area contributed by atoms with Gasteiger partial charge in [0.1, 0.15) is 24.1 Å². The summed E-state index contributed by atoms with van der Waals surface area (Å²) in [5, 5.41) is 9.70. The molecule has 3 fully saturated rings. The molecule has 3 aliphatic rings. The highest BCUT2D eigenvalue weighted by atomic mass is 127. The number of H-pyrrole nitrogens is 1. The summed E-state index contributed by atoms with van der Waals surface area (Å²) in [6.07, 6.45) is -1.77. The van der Waals surface area contributed by atoms with Gasteiger partial charge in [-0.2, -0.15) is 15.0 Å². The summed E-state index contributed by atoms with van der Waals surface area (Å²) in [6.45, 7) is 22.5. The van der Waals surface area contributed by atoms with Gasteiger partial charge >= 0.3 is 32.5 Å². The first-order valence-corrected chi connectivity index (χ1v) is 48.7. The first-order chi connectivity index (χ1) is 46.4. The maximum absolute atomic E-state index is 12.7. The van der Waals surface area contributed by atoms with Crippen LogP contribution in [-0.4, -0.2) is 116 Å². The molecular weight excluding hydrogens is 2110 g/mol. The molecule has 546 valence electrons. The van der Waals surface area contributed by atoms with E-state index in [9.17, 15) is 33.9 Å². The zero-order chi connectivity index (χ0) is 74.5. The number of thiazole rings is 3. The summed E-state index contributed by atoms with van der Waals surface area (Å²) >= 11 is 17.1. The third-order valence-electron chi connectivity index (χ3n) is 14.1. The van der Waals surface area contributed by atoms with Gasteiger partial charge in [-0.25, -0.2) is 24.5 Å². The lowest BCUT2D eigenvalue weighted by molar-refractivity contribution is -0.183. The van der Waals surface area contributed by atoms with Crippen molar-refractivity contribution >= 4 is 278 Å². The minimum atomic E-state index is -0.570. The van der Waals surface area contributed by atoms with E-state index in [1.165, 1.54) is 11.5 Å². The van der Waals surface area contributed by atoms with Gasteiger partial charge in [0, 0.05) is 24.7 Å². The molecule has 99 heavy (non-hydrogen) atoms. The minimum absolute atomic E-state index is 0.0323. The second-order valence-electron chi connectivity index (χ2n) is 22.4. The van der Waals surface area contributed by atoms with Crippen LogP contribution in [0.15, 0.2) is 75.0 Å². The largest absolute Gasteiger partial charge is 0.456 e. The van der Waals surface area contributed by atoms with Gasteiger partial charge in [-0.1, -0.05) is 235 Å². The van der Waals surface area contributed by atoms with Gasteiger partial charge in [0.2, 0.25) is 24.1 Å². The van der Waals surface area contributed by atoms with Crippen LogP contribution in [0, 0.1) is 38.5 Å².